The molecular weight excluding hydrogens is 236 g/mol. The first-order chi connectivity index (χ1) is 8.56. The van der Waals surface area contributed by atoms with Gasteiger partial charge in [0, 0.05) is 6.07 Å². The lowest BCUT2D eigenvalue weighted by Crippen LogP contribution is -2.01. The molecule has 3 rings (SSSR count). The van der Waals surface area contributed by atoms with Crippen molar-refractivity contribution < 1.29 is 19.7 Å². The molecule has 3 N–H and O–H groups in total. The SMILES string of the molecule is O=c1c2cc(O)ccc2oc2cc(O)c(O)cc12. The lowest BCUT2D eigenvalue weighted by Gasteiger charge is -2.03. The molecule has 0 spiro atoms. The van der Waals surface area contributed by atoms with Crippen molar-refractivity contribution >= 4 is 21.9 Å². The molecular formula is C13H8O5. The number of phenolic OH excluding ortho intramolecular Hbond substituents is 3. The Hall–Kier alpha value is -2.69. The molecule has 0 radical (unpaired) electrons. The number of hydrogen-bond acceptors (Lipinski definition) is 5. The third-order valence-corrected chi connectivity index (χ3v) is 2.75. The van der Waals surface area contributed by atoms with Crippen molar-refractivity contribution in [1.29, 1.82) is 0 Å². The Labute approximate surface area is 100 Å². The molecule has 0 unspecified atom stereocenters. The summed E-state index contributed by atoms with van der Waals surface area (Å²) in [6, 6.07) is 6.48. The fourth-order valence-corrected chi connectivity index (χ4v) is 1.87. The van der Waals surface area contributed by atoms with Gasteiger partial charge in [0.2, 0.25) is 5.43 Å². The van der Waals surface area contributed by atoms with Crippen LogP contribution >= 0.6 is 0 Å². The minimum absolute atomic E-state index is 0.0443. The first kappa shape index (κ1) is 10.5. The van der Waals surface area contributed by atoms with Crippen molar-refractivity contribution in [2.75, 3.05) is 0 Å². The standard InChI is InChI=1S/C13H8O5/c14-6-1-2-11-7(3-6)13(17)8-4-9(15)10(16)5-12(8)18-11/h1-5,14-16H. The summed E-state index contributed by atoms with van der Waals surface area (Å²) < 4.78 is 5.44. The van der Waals surface area contributed by atoms with Crippen LogP contribution in [-0.2, 0) is 0 Å². The second kappa shape index (κ2) is 3.40. The van der Waals surface area contributed by atoms with Gasteiger partial charge in [-0.3, -0.25) is 4.79 Å². The van der Waals surface area contributed by atoms with E-state index in [0.29, 0.717) is 5.58 Å². The summed E-state index contributed by atoms with van der Waals surface area (Å²) in [5.74, 6) is -0.796. The third kappa shape index (κ3) is 1.37. The minimum Gasteiger partial charge on any atom is -0.508 e. The largest absolute Gasteiger partial charge is 0.508 e. The first-order valence-corrected chi connectivity index (χ1v) is 5.18. The quantitative estimate of drug-likeness (QED) is 0.416. The molecule has 0 fully saturated rings. The topological polar surface area (TPSA) is 90.9 Å². The monoisotopic (exact) mass is 244 g/mol. The van der Waals surface area contributed by atoms with E-state index in [1.165, 1.54) is 24.3 Å². The number of rotatable bonds is 0. The summed E-state index contributed by atoms with van der Waals surface area (Å²) in [5.41, 5.74) is 0.0985. The van der Waals surface area contributed by atoms with E-state index in [1.54, 1.807) is 0 Å². The summed E-state index contributed by atoms with van der Waals surface area (Å²) in [4.78, 5) is 12.1. The van der Waals surface area contributed by atoms with Gasteiger partial charge in [0.1, 0.15) is 16.9 Å². The second-order valence-electron chi connectivity index (χ2n) is 3.95. The molecule has 2 aromatic carbocycles. The molecule has 5 heteroatoms. The lowest BCUT2D eigenvalue weighted by molar-refractivity contribution is 0.404. The maximum absolute atomic E-state index is 12.1. The van der Waals surface area contributed by atoms with E-state index in [0.717, 1.165) is 6.07 Å². The van der Waals surface area contributed by atoms with Gasteiger partial charge in [0.25, 0.3) is 0 Å². The van der Waals surface area contributed by atoms with Crippen LogP contribution in [0.15, 0.2) is 39.5 Å². The van der Waals surface area contributed by atoms with Crippen LogP contribution in [0.1, 0.15) is 0 Å². The Morgan fingerprint density at radius 3 is 2.28 bits per heavy atom. The van der Waals surface area contributed by atoms with Crippen molar-refractivity contribution in [2.45, 2.75) is 0 Å². The van der Waals surface area contributed by atoms with Crippen molar-refractivity contribution in [3.63, 3.8) is 0 Å². The molecule has 1 heterocycles. The minimum atomic E-state index is -0.394. The van der Waals surface area contributed by atoms with Crippen molar-refractivity contribution in [1.82, 2.24) is 0 Å². The van der Waals surface area contributed by atoms with E-state index in [4.69, 9.17) is 4.42 Å². The van der Waals surface area contributed by atoms with Gasteiger partial charge in [-0.25, -0.2) is 0 Å². The number of benzene rings is 2. The first-order valence-electron chi connectivity index (χ1n) is 5.18. The highest BCUT2D eigenvalue weighted by molar-refractivity contribution is 5.91. The van der Waals surface area contributed by atoms with E-state index >= 15 is 0 Å². The Morgan fingerprint density at radius 1 is 0.833 bits per heavy atom. The third-order valence-electron chi connectivity index (χ3n) is 2.75. The van der Waals surface area contributed by atoms with E-state index in [2.05, 4.69) is 0 Å². The summed E-state index contributed by atoms with van der Waals surface area (Å²) in [6.45, 7) is 0. The van der Waals surface area contributed by atoms with Gasteiger partial charge < -0.3 is 19.7 Å². The van der Waals surface area contributed by atoms with E-state index in [-0.39, 0.29) is 33.3 Å². The van der Waals surface area contributed by atoms with Crippen LogP contribution in [0, 0.1) is 0 Å². The van der Waals surface area contributed by atoms with Crippen LogP contribution in [0.5, 0.6) is 17.2 Å². The van der Waals surface area contributed by atoms with Crippen LogP contribution < -0.4 is 5.43 Å². The van der Waals surface area contributed by atoms with Gasteiger partial charge in [-0.1, -0.05) is 0 Å². The van der Waals surface area contributed by atoms with Crippen LogP contribution in [0.2, 0.25) is 0 Å². The zero-order valence-corrected chi connectivity index (χ0v) is 9.04. The van der Waals surface area contributed by atoms with Gasteiger partial charge in [-0.05, 0) is 24.3 Å². The highest BCUT2D eigenvalue weighted by atomic mass is 16.3. The fourth-order valence-electron chi connectivity index (χ4n) is 1.87. The van der Waals surface area contributed by atoms with Crippen molar-refractivity contribution in [2.24, 2.45) is 0 Å². The molecule has 0 atom stereocenters. The number of hydrogen-bond donors (Lipinski definition) is 3. The Balaban J connectivity index is 2.57. The Bertz CT molecular complexity index is 832. The van der Waals surface area contributed by atoms with Crippen molar-refractivity contribution in [3.05, 3.63) is 40.6 Å². The molecule has 90 valence electrons. The molecule has 0 aliphatic heterocycles. The molecule has 3 aromatic rings. The van der Waals surface area contributed by atoms with Crippen LogP contribution in [0.25, 0.3) is 21.9 Å². The normalized spacial score (nSPS) is 11.1. The predicted molar refractivity (Wildman–Crippen MR) is 65.0 cm³/mol. The van der Waals surface area contributed by atoms with Crippen LogP contribution in [-0.4, -0.2) is 15.3 Å². The average Bonchev–Trinajstić information content (AvgIpc) is 2.33. The van der Waals surface area contributed by atoms with Crippen LogP contribution in [0.4, 0.5) is 0 Å². The number of fused-ring (bicyclic) bond motifs is 2. The maximum atomic E-state index is 12.1. The summed E-state index contributed by atoms with van der Waals surface area (Å²) in [5, 5.41) is 28.5. The van der Waals surface area contributed by atoms with Gasteiger partial charge in [0.15, 0.2) is 11.5 Å². The van der Waals surface area contributed by atoms with Gasteiger partial charge in [0.05, 0.1) is 10.8 Å². The van der Waals surface area contributed by atoms with E-state index in [1.807, 2.05) is 0 Å². The molecule has 5 nitrogen and oxygen atoms in total. The molecule has 18 heavy (non-hydrogen) atoms. The highest BCUT2D eigenvalue weighted by Gasteiger charge is 2.11. The fraction of sp³-hybridized carbons (Fsp3) is 0. The Kier molecular flexibility index (Phi) is 1.98. The summed E-state index contributed by atoms with van der Waals surface area (Å²) in [7, 11) is 0. The average molecular weight is 244 g/mol. The summed E-state index contributed by atoms with van der Waals surface area (Å²) >= 11 is 0. The number of phenols is 3. The van der Waals surface area contributed by atoms with E-state index < -0.39 is 5.75 Å². The van der Waals surface area contributed by atoms with Crippen molar-refractivity contribution in [3.8, 4) is 17.2 Å². The van der Waals surface area contributed by atoms with Gasteiger partial charge >= 0.3 is 0 Å². The molecule has 0 aliphatic rings. The zero-order valence-electron chi connectivity index (χ0n) is 9.04. The molecule has 0 amide bonds. The highest BCUT2D eigenvalue weighted by Crippen LogP contribution is 2.30. The molecule has 0 aliphatic carbocycles. The summed E-state index contributed by atoms with van der Waals surface area (Å²) in [6.07, 6.45) is 0. The molecule has 1 aromatic heterocycles. The zero-order chi connectivity index (χ0) is 12.9. The Morgan fingerprint density at radius 2 is 1.50 bits per heavy atom. The van der Waals surface area contributed by atoms with Gasteiger partial charge in [-0.15, -0.1) is 0 Å². The number of aromatic hydroxyl groups is 3. The second-order valence-corrected chi connectivity index (χ2v) is 3.95. The smallest absolute Gasteiger partial charge is 0.200 e. The lowest BCUT2D eigenvalue weighted by atomic mass is 10.1. The van der Waals surface area contributed by atoms with E-state index in [9.17, 15) is 20.1 Å². The van der Waals surface area contributed by atoms with Crippen LogP contribution in [0.3, 0.4) is 0 Å². The molecule has 0 saturated carbocycles. The molecule has 0 saturated heterocycles. The predicted octanol–water partition coefficient (Wildman–Crippen LogP) is 2.06. The maximum Gasteiger partial charge on any atom is 0.200 e. The van der Waals surface area contributed by atoms with Gasteiger partial charge in [-0.2, -0.15) is 0 Å². The molecule has 0 bridgehead atoms.